The second-order valence-corrected chi connectivity index (χ2v) is 4.01. The van der Waals surface area contributed by atoms with Crippen molar-refractivity contribution in [3.63, 3.8) is 0 Å². The number of halogens is 6. The van der Waals surface area contributed by atoms with Crippen LogP contribution in [0.3, 0.4) is 0 Å². The number of anilines is 1. The summed E-state index contributed by atoms with van der Waals surface area (Å²) in [5, 5.41) is 0. The van der Waals surface area contributed by atoms with E-state index in [1.807, 2.05) is 0 Å². The van der Waals surface area contributed by atoms with Gasteiger partial charge >= 0.3 is 12.1 Å². The molecule has 0 aliphatic carbocycles. The molecule has 0 aromatic heterocycles. The van der Waals surface area contributed by atoms with Crippen LogP contribution in [0.15, 0.2) is 24.3 Å². The van der Waals surface area contributed by atoms with Crippen molar-refractivity contribution >= 4 is 5.69 Å². The topological polar surface area (TPSA) is 53.7 Å². The van der Waals surface area contributed by atoms with E-state index in [0.29, 0.717) is 0 Å². The van der Waals surface area contributed by atoms with Gasteiger partial charge < -0.3 is 5.73 Å². The minimum absolute atomic E-state index is 0.152. The van der Waals surface area contributed by atoms with Crippen molar-refractivity contribution in [1.29, 1.82) is 0 Å². The molecule has 0 aliphatic rings. The van der Waals surface area contributed by atoms with Gasteiger partial charge in [0.05, 0.1) is 0 Å². The van der Waals surface area contributed by atoms with Gasteiger partial charge in [0.25, 0.3) is 0 Å². The minimum atomic E-state index is -5.12. The molecule has 1 aromatic rings. The van der Waals surface area contributed by atoms with Crippen molar-refractivity contribution in [2.75, 3.05) is 26.3 Å². The van der Waals surface area contributed by atoms with E-state index in [9.17, 15) is 26.3 Å². The number of rotatable bonds is 8. The van der Waals surface area contributed by atoms with Gasteiger partial charge in [-0.25, -0.2) is 13.2 Å². The Morgan fingerprint density at radius 2 is 1.27 bits per heavy atom. The average molecular weight is 333 g/mol. The molecule has 10 heteroatoms. The van der Waals surface area contributed by atoms with Gasteiger partial charge in [0.1, 0.15) is 0 Å². The molecule has 4 nitrogen and oxygen atoms in total. The largest absolute Gasteiger partial charge is 0.403 e. The van der Waals surface area contributed by atoms with Crippen LogP contribution in [0.2, 0.25) is 0 Å². The Bertz CT molecular complexity index is 436. The van der Waals surface area contributed by atoms with Gasteiger partial charge in [-0.3, -0.25) is 14.2 Å². The Labute approximate surface area is 121 Å². The molecule has 126 valence electrons. The summed E-state index contributed by atoms with van der Waals surface area (Å²) in [6.07, 6.45) is -5.12. The third-order valence-electron chi connectivity index (χ3n) is 2.72. The van der Waals surface area contributed by atoms with Crippen molar-refractivity contribution in [2.45, 2.75) is 18.1 Å². The SMILES string of the molecule is Nc1ccc(C(C(F)(F)F)C(OCF)(OCF)OCF)cc1. The summed E-state index contributed by atoms with van der Waals surface area (Å²) in [5.41, 5.74) is 4.99. The van der Waals surface area contributed by atoms with Crippen LogP contribution in [0.1, 0.15) is 11.5 Å². The van der Waals surface area contributed by atoms with E-state index < -0.39 is 44.2 Å². The predicted molar refractivity (Wildman–Crippen MR) is 63.6 cm³/mol. The van der Waals surface area contributed by atoms with Gasteiger partial charge in [-0.05, 0) is 17.7 Å². The fourth-order valence-electron chi connectivity index (χ4n) is 1.89. The van der Waals surface area contributed by atoms with Gasteiger partial charge in [-0.15, -0.1) is 0 Å². The van der Waals surface area contributed by atoms with Gasteiger partial charge in [0.2, 0.25) is 0 Å². The predicted octanol–water partition coefficient (Wildman–Crippen LogP) is 3.40. The number of benzene rings is 1. The lowest BCUT2D eigenvalue weighted by Gasteiger charge is -2.37. The summed E-state index contributed by atoms with van der Waals surface area (Å²) >= 11 is 0. The van der Waals surface area contributed by atoms with Crippen LogP contribution >= 0.6 is 0 Å². The van der Waals surface area contributed by atoms with Gasteiger partial charge in [0.15, 0.2) is 26.5 Å². The first-order valence-electron chi connectivity index (χ1n) is 5.82. The van der Waals surface area contributed by atoms with Crippen LogP contribution in [0.5, 0.6) is 0 Å². The van der Waals surface area contributed by atoms with Crippen molar-refractivity contribution in [3.8, 4) is 0 Å². The van der Waals surface area contributed by atoms with E-state index in [2.05, 4.69) is 14.2 Å². The van der Waals surface area contributed by atoms with E-state index >= 15 is 0 Å². The fourth-order valence-corrected chi connectivity index (χ4v) is 1.89. The third-order valence-corrected chi connectivity index (χ3v) is 2.72. The third kappa shape index (κ3) is 4.24. The molecule has 0 saturated heterocycles. The Balaban J connectivity index is 3.39. The second kappa shape index (κ2) is 7.65. The number of ether oxygens (including phenoxy) is 3. The molecule has 0 radical (unpaired) electrons. The molecule has 0 heterocycles. The van der Waals surface area contributed by atoms with Gasteiger partial charge in [0, 0.05) is 5.69 Å². The van der Waals surface area contributed by atoms with Gasteiger partial charge in [-0.1, -0.05) is 12.1 Å². The number of alkyl halides is 6. The quantitative estimate of drug-likeness (QED) is 0.450. The van der Waals surface area contributed by atoms with Crippen molar-refractivity contribution in [1.82, 2.24) is 0 Å². The zero-order valence-corrected chi connectivity index (χ0v) is 11.1. The molecule has 2 N–H and O–H groups in total. The zero-order chi connectivity index (χ0) is 16.8. The number of hydrogen-bond donors (Lipinski definition) is 1. The Kier molecular flexibility index (Phi) is 6.45. The molecule has 0 saturated carbocycles. The van der Waals surface area contributed by atoms with Crippen LogP contribution < -0.4 is 5.73 Å². The van der Waals surface area contributed by atoms with Gasteiger partial charge in [-0.2, -0.15) is 13.2 Å². The van der Waals surface area contributed by atoms with Crippen LogP contribution in [0, 0.1) is 0 Å². The molecule has 1 aromatic carbocycles. The summed E-state index contributed by atoms with van der Waals surface area (Å²) in [5.74, 6) is -6.14. The lowest BCUT2D eigenvalue weighted by atomic mass is 9.95. The monoisotopic (exact) mass is 333 g/mol. The molecule has 0 fully saturated rings. The Hall–Kier alpha value is -1.52. The highest BCUT2D eigenvalue weighted by atomic mass is 19.4. The molecule has 22 heavy (non-hydrogen) atoms. The van der Waals surface area contributed by atoms with E-state index in [1.54, 1.807) is 0 Å². The zero-order valence-electron chi connectivity index (χ0n) is 11.1. The molecule has 0 spiro atoms. The molecule has 0 amide bonds. The summed E-state index contributed by atoms with van der Waals surface area (Å²) in [4.78, 5) is 0. The first-order chi connectivity index (χ1) is 10.3. The molecule has 0 aliphatic heterocycles. The molecular formula is C12H13F6NO3. The molecular weight excluding hydrogens is 320 g/mol. The molecule has 1 unspecified atom stereocenters. The Morgan fingerprint density at radius 3 is 1.59 bits per heavy atom. The number of nitrogens with two attached hydrogens (primary N) is 1. The van der Waals surface area contributed by atoms with Crippen molar-refractivity contribution in [2.24, 2.45) is 0 Å². The summed E-state index contributed by atoms with van der Waals surface area (Å²) in [7, 11) is 0. The minimum Gasteiger partial charge on any atom is -0.399 e. The van der Waals surface area contributed by atoms with E-state index in [0.717, 1.165) is 24.3 Å². The maximum absolute atomic E-state index is 13.3. The van der Waals surface area contributed by atoms with E-state index in [4.69, 9.17) is 5.73 Å². The van der Waals surface area contributed by atoms with E-state index in [1.165, 1.54) is 0 Å². The van der Waals surface area contributed by atoms with Crippen LogP contribution in [0.25, 0.3) is 0 Å². The highest BCUT2D eigenvalue weighted by molar-refractivity contribution is 5.41. The van der Waals surface area contributed by atoms with E-state index in [-0.39, 0.29) is 5.69 Å². The maximum Gasteiger partial charge on any atom is 0.403 e. The second-order valence-electron chi connectivity index (χ2n) is 4.01. The number of hydrogen-bond acceptors (Lipinski definition) is 4. The summed E-state index contributed by atoms with van der Waals surface area (Å²) < 4.78 is 89.8. The molecule has 1 atom stereocenters. The smallest absolute Gasteiger partial charge is 0.399 e. The van der Waals surface area contributed by atoms with Crippen molar-refractivity contribution in [3.05, 3.63) is 29.8 Å². The number of nitrogen functional groups attached to an aromatic ring is 1. The standard InChI is InChI=1S/C12H13F6NO3/c13-5-20-12(21-6-14,22-7-15)10(11(16,17)18)8-1-3-9(19)4-2-8/h1-4,10H,5-7,19H2. The Morgan fingerprint density at radius 1 is 0.864 bits per heavy atom. The summed E-state index contributed by atoms with van der Waals surface area (Å²) in [6.45, 7) is -5.45. The molecule has 0 bridgehead atoms. The maximum atomic E-state index is 13.3. The average Bonchev–Trinajstić information content (AvgIpc) is 2.41. The normalized spacial score (nSPS) is 14.1. The summed E-state index contributed by atoms with van der Waals surface area (Å²) in [6, 6.07) is 4.12. The first-order valence-corrected chi connectivity index (χ1v) is 5.82. The lowest BCUT2D eigenvalue weighted by molar-refractivity contribution is -0.437. The van der Waals surface area contributed by atoms with Crippen LogP contribution in [0.4, 0.5) is 32.0 Å². The highest BCUT2D eigenvalue weighted by Crippen LogP contribution is 2.46. The van der Waals surface area contributed by atoms with Crippen LogP contribution in [-0.2, 0) is 14.2 Å². The fraction of sp³-hybridized carbons (Fsp3) is 0.500. The van der Waals surface area contributed by atoms with Crippen LogP contribution in [-0.4, -0.2) is 32.7 Å². The molecule has 1 rings (SSSR count). The first kappa shape index (κ1) is 18.5. The lowest BCUT2D eigenvalue weighted by Crippen LogP contribution is -2.50. The highest BCUT2D eigenvalue weighted by Gasteiger charge is 2.58. The van der Waals surface area contributed by atoms with Crippen molar-refractivity contribution < 1.29 is 40.6 Å².